The average molecular weight is 243 g/mol. The second kappa shape index (κ2) is 5.66. The fraction of sp³-hybridized carbons (Fsp3) is 0.250. The topological polar surface area (TPSA) is 26.3 Å². The molecule has 0 amide bonds. The van der Waals surface area contributed by atoms with Crippen LogP contribution in [0, 0.1) is 5.82 Å². The number of halogens is 2. The molecule has 1 aromatic rings. The molecule has 0 saturated heterocycles. The van der Waals surface area contributed by atoms with Gasteiger partial charge in [0.15, 0.2) is 5.78 Å². The maximum Gasteiger partial charge on any atom is 0.163 e. The van der Waals surface area contributed by atoms with Crippen LogP contribution in [0.5, 0.6) is 5.75 Å². The zero-order valence-corrected chi connectivity index (χ0v) is 9.68. The van der Waals surface area contributed by atoms with E-state index < -0.39 is 5.82 Å². The highest BCUT2D eigenvalue weighted by atomic mass is 35.5. The van der Waals surface area contributed by atoms with Crippen LogP contribution in [-0.2, 0) is 0 Å². The third-order valence-corrected chi connectivity index (χ3v) is 2.32. The van der Waals surface area contributed by atoms with Gasteiger partial charge in [-0.25, -0.2) is 4.39 Å². The van der Waals surface area contributed by atoms with Gasteiger partial charge in [0.05, 0.1) is 5.56 Å². The van der Waals surface area contributed by atoms with Crippen molar-refractivity contribution in [2.75, 3.05) is 12.5 Å². The molecule has 0 atom stereocenters. The number of Topliss-reactive ketones (excluding diaryl/α,β-unsaturated/α-hetero) is 1. The molecular formula is C12H12ClFO2. The van der Waals surface area contributed by atoms with E-state index in [0.717, 1.165) is 6.07 Å². The van der Waals surface area contributed by atoms with E-state index in [2.05, 4.69) is 6.58 Å². The lowest BCUT2D eigenvalue weighted by Crippen LogP contribution is -2.05. The Labute approximate surface area is 98.7 Å². The summed E-state index contributed by atoms with van der Waals surface area (Å²) < 4.78 is 18.3. The van der Waals surface area contributed by atoms with Crippen molar-refractivity contribution in [1.29, 1.82) is 0 Å². The summed E-state index contributed by atoms with van der Waals surface area (Å²) in [5, 5.41) is 0. The molecule has 0 spiro atoms. The monoisotopic (exact) mass is 242 g/mol. The van der Waals surface area contributed by atoms with Crippen molar-refractivity contribution in [3.05, 3.63) is 41.7 Å². The summed E-state index contributed by atoms with van der Waals surface area (Å²) in [5.74, 6) is -0.0729. The van der Waals surface area contributed by atoms with E-state index in [0.29, 0.717) is 11.3 Å². The van der Waals surface area contributed by atoms with Gasteiger partial charge in [-0.05, 0) is 30.7 Å². The van der Waals surface area contributed by atoms with Crippen LogP contribution >= 0.6 is 11.6 Å². The molecule has 0 bridgehead atoms. The van der Waals surface area contributed by atoms with E-state index in [4.69, 9.17) is 16.3 Å². The maximum absolute atomic E-state index is 12.9. The first-order valence-corrected chi connectivity index (χ1v) is 5.24. The van der Waals surface area contributed by atoms with Crippen LogP contribution in [0.2, 0.25) is 0 Å². The summed E-state index contributed by atoms with van der Waals surface area (Å²) in [6.07, 6.45) is 0. The van der Waals surface area contributed by atoms with Gasteiger partial charge in [0, 0.05) is 5.88 Å². The van der Waals surface area contributed by atoms with Crippen molar-refractivity contribution in [3.63, 3.8) is 0 Å². The first kappa shape index (κ1) is 12.7. The second-order valence-electron chi connectivity index (χ2n) is 3.37. The molecule has 0 N–H and O–H groups in total. The fourth-order valence-corrected chi connectivity index (χ4v) is 1.20. The molecule has 2 nitrogen and oxygen atoms in total. The van der Waals surface area contributed by atoms with Crippen molar-refractivity contribution in [2.45, 2.75) is 6.92 Å². The minimum Gasteiger partial charge on any atom is -0.488 e. The molecule has 0 unspecified atom stereocenters. The third-order valence-electron chi connectivity index (χ3n) is 1.94. The number of ketones is 1. The molecule has 0 heterocycles. The first-order valence-electron chi connectivity index (χ1n) is 4.70. The number of carbonyl (C=O) groups is 1. The smallest absolute Gasteiger partial charge is 0.163 e. The van der Waals surface area contributed by atoms with Crippen molar-refractivity contribution in [2.24, 2.45) is 0 Å². The normalized spacial score (nSPS) is 9.94. The Morgan fingerprint density at radius 1 is 1.56 bits per heavy atom. The molecule has 86 valence electrons. The second-order valence-corrected chi connectivity index (χ2v) is 3.64. The highest BCUT2D eigenvalue weighted by molar-refractivity contribution is 6.19. The highest BCUT2D eigenvalue weighted by Gasteiger charge is 2.10. The average Bonchev–Trinajstić information content (AvgIpc) is 2.26. The Morgan fingerprint density at radius 2 is 2.25 bits per heavy atom. The number of benzene rings is 1. The summed E-state index contributed by atoms with van der Waals surface area (Å²) in [4.78, 5) is 11.2. The SMILES string of the molecule is C=C(CCl)COc1ccc(F)cc1C(C)=O. The molecule has 0 aliphatic rings. The molecule has 0 fully saturated rings. The van der Waals surface area contributed by atoms with Crippen LogP contribution in [0.25, 0.3) is 0 Å². The Bertz CT molecular complexity index is 415. The molecule has 0 aliphatic heterocycles. The van der Waals surface area contributed by atoms with E-state index in [1.807, 2.05) is 0 Å². The minimum absolute atomic E-state index is 0.218. The lowest BCUT2D eigenvalue weighted by Gasteiger charge is -2.10. The largest absolute Gasteiger partial charge is 0.488 e. The Morgan fingerprint density at radius 3 is 2.81 bits per heavy atom. The Hall–Kier alpha value is -1.35. The summed E-state index contributed by atoms with van der Waals surface area (Å²) in [6, 6.07) is 3.82. The van der Waals surface area contributed by atoms with Crippen LogP contribution in [0.15, 0.2) is 30.4 Å². The van der Waals surface area contributed by atoms with Crippen LogP contribution in [-0.4, -0.2) is 18.3 Å². The van der Waals surface area contributed by atoms with Gasteiger partial charge >= 0.3 is 0 Å². The number of alkyl halides is 1. The lowest BCUT2D eigenvalue weighted by atomic mass is 10.1. The minimum atomic E-state index is -0.464. The first-order chi connectivity index (χ1) is 7.54. The summed E-state index contributed by atoms with van der Waals surface area (Å²) >= 11 is 5.54. The summed E-state index contributed by atoms with van der Waals surface area (Å²) in [5.41, 5.74) is 0.919. The lowest BCUT2D eigenvalue weighted by molar-refractivity contribution is 0.101. The number of hydrogen-bond acceptors (Lipinski definition) is 2. The van der Waals surface area contributed by atoms with Crippen LogP contribution in [0.4, 0.5) is 4.39 Å². The van der Waals surface area contributed by atoms with Crippen molar-refractivity contribution >= 4 is 17.4 Å². The zero-order valence-electron chi connectivity index (χ0n) is 8.93. The molecule has 1 aromatic carbocycles. The fourth-order valence-electron chi connectivity index (χ4n) is 1.12. The van der Waals surface area contributed by atoms with Crippen molar-refractivity contribution < 1.29 is 13.9 Å². The van der Waals surface area contributed by atoms with Crippen molar-refractivity contribution in [3.8, 4) is 5.75 Å². The molecule has 0 radical (unpaired) electrons. The molecule has 0 aromatic heterocycles. The number of ether oxygens (including phenoxy) is 1. The predicted molar refractivity (Wildman–Crippen MR) is 61.8 cm³/mol. The number of carbonyl (C=O) groups excluding carboxylic acids is 1. The number of rotatable bonds is 5. The molecule has 1 rings (SSSR count). The zero-order chi connectivity index (χ0) is 12.1. The molecule has 16 heavy (non-hydrogen) atoms. The molecule has 0 aliphatic carbocycles. The van der Waals surface area contributed by atoms with Gasteiger partial charge in [0.2, 0.25) is 0 Å². The van der Waals surface area contributed by atoms with Gasteiger partial charge in [-0.15, -0.1) is 11.6 Å². The summed E-state index contributed by atoms with van der Waals surface area (Å²) in [6.45, 7) is 5.24. The van der Waals surface area contributed by atoms with Crippen molar-refractivity contribution in [1.82, 2.24) is 0 Å². The van der Waals surface area contributed by atoms with Crippen LogP contribution in [0.1, 0.15) is 17.3 Å². The highest BCUT2D eigenvalue weighted by Crippen LogP contribution is 2.20. The van der Waals surface area contributed by atoms with Gasteiger partial charge in [-0.1, -0.05) is 6.58 Å². The Balaban J connectivity index is 2.87. The molecule has 4 heteroatoms. The van der Waals surface area contributed by atoms with E-state index in [9.17, 15) is 9.18 Å². The summed E-state index contributed by atoms with van der Waals surface area (Å²) in [7, 11) is 0. The van der Waals surface area contributed by atoms with Gasteiger partial charge in [0.25, 0.3) is 0 Å². The van der Waals surface area contributed by atoms with Gasteiger partial charge in [-0.2, -0.15) is 0 Å². The van der Waals surface area contributed by atoms with E-state index in [1.165, 1.54) is 19.1 Å². The third kappa shape index (κ3) is 3.35. The number of hydrogen-bond donors (Lipinski definition) is 0. The molecular weight excluding hydrogens is 231 g/mol. The van der Waals surface area contributed by atoms with E-state index in [1.54, 1.807) is 0 Å². The van der Waals surface area contributed by atoms with Gasteiger partial charge in [0.1, 0.15) is 18.2 Å². The maximum atomic E-state index is 12.9. The standard InChI is InChI=1S/C12H12ClFO2/c1-8(6-13)7-16-12-4-3-10(14)5-11(12)9(2)15/h3-5H,1,6-7H2,2H3. The quantitative estimate of drug-likeness (QED) is 0.450. The van der Waals surface area contributed by atoms with Gasteiger partial charge in [-0.3, -0.25) is 4.79 Å². The van der Waals surface area contributed by atoms with Crippen LogP contribution in [0.3, 0.4) is 0 Å². The van der Waals surface area contributed by atoms with Crippen LogP contribution < -0.4 is 4.74 Å². The van der Waals surface area contributed by atoms with Gasteiger partial charge < -0.3 is 4.74 Å². The predicted octanol–water partition coefficient (Wildman–Crippen LogP) is 3.20. The molecule has 0 saturated carbocycles. The Kier molecular flexibility index (Phi) is 4.50. The van der Waals surface area contributed by atoms with E-state index >= 15 is 0 Å². The van der Waals surface area contributed by atoms with E-state index in [-0.39, 0.29) is 23.8 Å².